The summed E-state index contributed by atoms with van der Waals surface area (Å²) in [7, 11) is -0.534. The summed E-state index contributed by atoms with van der Waals surface area (Å²) in [4.78, 5) is 0.185. The van der Waals surface area contributed by atoms with Crippen LogP contribution in [0.25, 0.3) is 0 Å². The summed E-state index contributed by atoms with van der Waals surface area (Å²) in [5, 5.41) is 8.90. The number of benzene rings is 2. The molecule has 6 nitrogen and oxygen atoms in total. The third-order valence-corrected chi connectivity index (χ3v) is 6.51. The van der Waals surface area contributed by atoms with E-state index in [0.717, 1.165) is 12.0 Å². The van der Waals surface area contributed by atoms with E-state index in [0.29, 0.717) is 30.0 Å². The van der Waals surface area contributed by atoms with E-state index in [2.05, 4.69) is 0 Å². The molecule has 0 aliphatic carbocycles. The first-order valence-electron chi connectivity index (χ1n) is 8.25. The summed E-state index contributed by atoms with van der Waals surface area (Å²) < 4.78 is 38.5. The number of methoxy groups -OCH3 is 2. The lowest BCUT2D eigenvalue weighted by atomic mass is 10.0. The highest BCUT2D eigenvalue weighted by atomic mass is 32.2. The highest BCUT2D eigenvalue weighted by Gasteiger charge is 2.37. The Kier molecular flexibility index (Phi) is 5.16. The average molecular weight is 372 g/mol. The maximum absolute atomic E-state index is 13.1. The van der Waals surface area contributed by atoms with Crippen LogP contribution in [-0.4, -0.2) is 33.5 Å². The monoisotopic (exact) mass is 372 g/mol. The molecule has 2 aromatic carbocycles. The first-order valence-corrected chi connectivity index (χ1v) is 9.69. The topological polar surface area (TPSA) is 79.6 Å². The molecule has 7 heteroatoms. The van der Waals surface area contributed by atoms with Crippen molar-refractivity contribution in [1.29, 1.82) is 5.26 Å². The lowest BCUT2D eigenvalue weighted by Crippen LogP contribution is -2.31. The van der Waals surface area contributed by atoms with Crippen LogP contribution in [0.3, 0.4) is 0 Å². The molecule has 0 radical (unpaired) electrons. The van der Waals surface area contributed by atoms with Crippen molar-refractivity contribution in [3.8, 4) is 17.6 Å². The van der Waals surface area contributed by atoms with E-state index in [-0.39, 0.29) is 10.9 Å². The second kappa shape index (κ2) is 7.36. The summed E-state index contributed by atoms with van der Waals surface area (Å²) >= 11 is 0. The Morgan fingerprint density at radius 1 is 1.12 bits per heavy atom. The number of nitrogens with zero attached hydrogens (tertiary/aromatic N) is 2. The molecule has 136 valence electrons. The molecule has 26 heavy (non-hydrogen) atoms. The van der Waals surface area contributed by atoms with Crippen LogP contribution in [0.5, 0.6) is 11.5 Å². The van der Waals surface area contributed by atoms with Crippen molar-refractivity contribution in [2.75, 3.05) is 20.8 Å². The van der Waals surface area contributed by atoms with Crippen LogP contribution in [-0.2, 0) is 10.0 Å². The number of sulfonamides is 1. The molecule has 0 aromatic heterocycles. The van der Waals surface area contributed by atoms with Gasteiger partial charge in [-0.15, -0.1) is 0 Å². The summed E-state index contributed by atoms with van der Waals surface area (Å²) in [6.45, 7) is 0.438. The van der Waals surface area contributed by atoms with Crippen LogP contribution in [0.4, 0.5) is 0 Å². The van der Waals surface area contributed by atoms with E-state index in [1.165, 1.54) is 28.6 Å². The van der Waals surface area contributed by atoms with Gasteiger partial charge in [-0.1, -0.05) is 0 Å². The second-order valence-corrected chi connectivity index (χ2v) is 7.91. The third-order valence-electron chi connectivity index (χ3n) is 4.59. The van der Waals surface area contributed by atoms with Gasteiger partial charge < -0.3 is 9.47 Å². The molecule has 0 spiro atoms. The second-order valence-electron chi connectivity index (χ2n) is 6.02. The first kappa shape index (κ1) is 18.2. The van der Waals surface area contributed by atoms with Crippen molar-refractivity contribution < 1.29 is 17.9 Å². The van der Waals surface area contributed by atoms with E-state index in [1.807, 2.05) is 12.1 Å². The number of hydrogen-bond donors (Lipinski definition) is 0. The smallest absolute Gasteiger partial charge is 0.243 e. The summed E-state index contributed by atoms with van der Waals surface area (Å²) in [6.07, 6.45) is 1.47. The summed E-state index contributed by atoms with van der Waals surface area (Å²) in [6, 6.07) is 13.1. The minimum absolute atomic E-state index is 0.185. The van der Waals surface area contributed by atoms with Crippen LogP contribution in [0.1, 0.15) is 30.0 Å². The normalized spacial score (nSPS) is 17.7. The van der Waals surface area contributed by atoms with E-state index in [4.69, 9.17) is 14.7 Å². The fraction of sp³-hybridized carbons (Fsp3) is 0.316. The molecule has 1 saturated heterocycles. The Morgan fingerprint density at radius 3 is 2.46 bits per heavy atom. The molecule has 0 saturated carbocycles. The lowest BCUT2D eigenvalue weighted by molar-refractivity contribution is 0.361. The van der Waals surface area contributed by atoms with Crippen molar-refractivity contribution in [2.24, 2.45) is 0 Å². The van der Waals surface area contributed by atoms with Crippen molar-refractivity contribution in [2.45, 2.75) is 23.8 Å². The van der Waals surface area contributed by atoms with Crippen molar-refractivity contribution in [1.82, 2.24) is 4.31 Å². The van der Waals surface area contributed by atoms with Crippen LogP contribution in [0.15, 0.2) is 47.4 Å². The van der Waals surface area contributed by atoms with E-state index in [9.17, 15) is 8.42 Å². The molecule has 1 fully saturated rings. The number of nitriles is 1. The molecule has 0 N–H and O–H groups in total. The molecule has 1 atom stereocenters. The van der Waals surface area contributed by atoms with Gasteiger partial charge in [0, 0.05) is 12.1 Å². The predicted molar refractivity (Wildman–Crippen MR) is 96.6 cm³/mol. The van der Waals surface area contributed by atoms with Gasteiger partial charge in [0.2, 0.25) is 10.0 Å². The Labute approximate surface area is 153 Å². The molecular formula is C19H20N2O4S. The molecule has 1 aliphatic rings. The number of rotatable bonds is 5. The zero-order valence-electron chi connectivity index (χ0n) is 14.7. The quantitative estimate of drug-likeness (QED) is 0.806. The van der Waals surface area contributed by atoms with Gasteiger partial charge in [-0.3, -0.25) is 0 Å². The molecule has 1 heterocycles. The van der Waals surface area contributed by atoms with Crippen LogP contribution >= 0.6 is 0 Å². The SMILES string of the molecule is COc1ccc(OC)c([C@H]2CCCN2S(=O)(=O)c2ccc(C#N)cc2)c1. The Hall–Kier alpha value is -2.56. The van der Waals surface area contributed by atoms with Gasteiger partial charge in [-0.2, -0.15) is 9.57 Å². The zero-order chi connectivity index (χ0) is 18.7. The molecular weight excluding hydrogens is 352 g/mol. The molecule has 3 rings (SSSR count). The van der Waals surface area contributed by atoms with Gasteiger partial charge in [0.05, 0.1) is 36.8 Å². The van der Waals surface area contributed by atoms with Crippen LogP contribution < -0.4 is 9.47 Å². The standard InChI is InChI=1S/C19H20N2O4S/c1-24-15-7-10-19(25-2)17(12-15)18-4-3-11-21(18)26(22,23)16-8-5-14(13-20)6-9-16/h5-10,12,18H,3-4,11H2,1-2H3/t18-/m1/s1. The van der Waals surface area contributed by atoms with Crippen LogP contribution in [0, 0.1) is 11.3 Å². The summed E-state index contributed by atoms with van der Waals surface area (Å²) in [5.41, 5.74) is 1.22. The third kappa shape index (κ3) is 3.26. The van der Waals surface area contributed by atoms with Gasteiger partial charge in [0.25, 0.3) is 0 Å². The average Bonchev–Trinajstić information content (AvgIpc) is 3.18. The number of hydrogen-bond acceptors (Lipinski definition) is 5. The maximum atomic E-state index is 13.1. The first-order chi connectivity index (χ1) is 12.5. The lowest BCUT2D eigenvalue weighted by Gasteiger charge is -2.26. The zero-order valence-corrected chi connectivity index (χ0v) is 15.5. The minimum atomic E-state index is -3.68. The highest BCUT2D eigenvalue weighted by Crippen LogP contribution is 2.41. The Bertz CT molecular complexity index is 933. The fourth-order valence-electron chi connectivity index (χ4n) is 3.28. The van der Waals surface area contributed by atoms with Gasteiger partial charge in [-0.25, -0.2) is 8.42 Å². The van der Waals surface area contributed by atoms with E-state index < -0.39 is 10.0 Å². The minimum Gasteiger partial charge on any atom is -0.497 e. The summed E-state index contributed by atoms with van der Waals surface area (Å²) in [5.74, 6) is 1.29. The Balaban J connectivity index is 2.01. The molecule has 1 aliphatic heterocycles. The molecule has 0 bridgehead atoms. The van der Waals surface area contributed by atoms with E-state index in [1.54, 1.807) is 26.4 Å². The van der Waals surface area contributed by atoms with Crippen molar-refractivity contribution in [3.63, 3.8) is 0 Å². The Morgan fingerprint density at radius 2 is 1.85 bits per heavy atom. The number of ether oxygens (including phenoxy) is 2. The van der Waals surface area contributed by atoms with Gasteiger partial charge in [-0.05, 0) is 55.3 Å². The van der Waals surface area contributed by atoms with E-state index >= 15 is 0 Å². The van der Waals surface area contributed by atoms with Gasteiger partial charge in [0.15, 0.2) is 0 Å². The predicted octanol–water partition coefficient (Wildman–Crippen LogP) is 3.10. The van der Waals surface area contributed by atoms with Crippen LogP contribution in [0.2, 0.25) is 0 Å². The highest BCUT2D eigenvalue weighted by molar-refractivity contribution is 7.89. The van der Waals surface area contributed by atoms with Crippen molar-refractivity contribution in [3.05, 3.63) is 53.6 Å². The fourth-order valence-corrected chi connectivity index (χ4v) is 4.95. The largest absolute Gasteiger partial charge is 0.497 e. The molecule has 2 aromatic rings. The van der Waals surface area contributed by atoms with Gasteiger partial charge >= 0.3 is 0 Å². The maximum Gasteiger partial charge on any atom is 0.243 e. The molecule has 0 unspecified atom stereocenters. The van der Waals surface area contributed by atoms with Gasteiger partial charge in [0.1, 0.15) is 11.5 Å². The van der Waals surface area contributed by atoms with Crippen molar-refractivity contribution >= 4 is 10.0 Å². The molecule has 0 amide bonds.